The lowest BCUT2D eigenvalue weighted by atomic mass is 10.2. The van der Waals surface area contributed by atoms with Gasteiger partial charge in [-0.05, 0) is 18.2 Å². The molecule has 3 nitrogen and oxygen atoms in total. The zero-order valence-electron chi connectivity index (χ0n) is 10.5. The first-order chi connectivity index (χ1) is 9.15. The van der Waals surface area contributed by atoms with Crippen molar-refractivity contribution in [2.45, 2.75) is 13.5 Å². The summed E-state index contributed by atoms with van der Waals surface area (Å²) in [6, 6.07) is 13.7. The third-order valence-electron chi connectivity index (χ3n) is 2.53. The van der Waals surface area contributed by atoms with E-state index in [1.807, 2.05) is 18.2 Å². The summed E-state index contributed by atoms with van der Waals surface area (Å²) >= 11 is 0. The van der Waals surface area contributed by atoms with E-state index in [2.05, 4.69) is 5.32 Å². The third kappa shape index (κ3) is 3.81. The van der Waals surface area contributed by atoms with Gasteiger partial charge in [-0.25, -0.2) is 4.39 Å². The molecule has 0 unspecified atom stereocenters. The molecule has 0 saturated carbocycles. The number of nitrogens with one attached hydrogen (secondary N) is 1. The van der Waals surface area contributed by atoms with Gasteiger partial charge < -0.3 is 10.1 Å². The zero-order valence-corrected chi connectivity index (χ0v) is 10.5. The van der Waals surface area contributed by atoms with Crippen molar-refractivity contribution >= 4 is 5.91 Å². The summed E-state index contributed by atoms with van der Waals surface area (Å²) in [7, 11) is 0. The van der Waals surface area contributed by atoms with Crippen LogP contribution in [0.1, 0.15) is 12.5 Å². The monoisotopic (exact) mass is 259 g/mol. The minimum Gasteiger partial charge on any atom is -0.457 e. The number of rotatable bonds is 4. The van der Waals surface area contributed by atoms with Crippen molar-refractivity contribution in [1.82, 2.24) is 5.32 Å². The Kier molecular flexibility index (Phi) is 4.13. The van der Waals surface area contributed by atoms with Crippen LogP contribution in [-0.4, -0.2) is 5.91 Å². The molecule has 0 spiro atoms. The first kappa shape index (κ1) is 13.1. The summed E-state index contributed by atoms with van der Waals surface area (Å²) in [6.07, 6.45) is 0. The normalized spacial score (nSPS) is 10.0. The van der Waals surface area contributed by atoms with Gasteiger partial charge in [-0.3, -0.25) is 4.79 Å². The first-order valence-corrected chi connectivity index (χ1v) is 5.91. The number of ether oxygens (including phenoxy) is 1. The predicted molar refractivity (Wildman–Crippen MR) is 70.4 cm³/mol. The van der Waals surface area contributed by atoms with Gasteiger partial charge in [-0.15, -0.1) is 0 Å². The molecule has 0 aliphatic heterocycles. The summed E-state index contributed by atoms with van der Waals surface area (Å²) in [5.74, 6) is 0.484. The van der Waals surface area contributed by atoms with Crippen LogP contribution in [0.5, 0.6) is 11.5 Å². The van der Waals surface area contributed by atoms with Crippen LogP contribution in [-0.2, 0) is 11.3 Å². The summed E-state index contributed by atoms with van der Waals surface area (Å²) in [4.78, 5) is 10.8. The molecule has 1 N–H and O–H groups in total. The minimum absolute atomic E-state index is 0.173. The second-order valence-electron chi connectivity index (χ2n) is 4.08. The maximum Gasteiger partial charge on any atom is 0.217 e. The van der Waals surface area contributed by atoms with E-state index < -0.39 is 5.82 Å². The maximum absolute atomic E-state index is 13.8. The van der Waals surface area contributed by atoms with Crippen molar-refractivity contribution in [2.24, 2.45) is 0 Å². The number of hydrogen-bond acceptors (Lipinski definition) is 2. The van der Waals surface area contributed by atoms with E-state index in [0.717, 1.165) is 0 Å². The molecule has 2 rings (SSSR count). The van der Waals surface area contributed by atoms with Gasteiger partial charge in [0.15, 0.2) is 0 Å². The van der Waals surface area contributed by atoms with Gasteiger partial charge in [0, 0.05) is 25.1 Å². The standard InChI is InChI=1S/C15H14FNO2/c1-11(18)17-10-12-7-8-14(9-15(12)16)19-13-5-3-2-4-6-13/h2-9H,10H2,1H3,(H,17,18). The van der Waals surface area contributed by atoms with Gasteiger partial charge in [0.1, 0.15) is 17.3 Å². The van der Waals surface area contributed by atoms with Crippen molar-refractivity contribution in [3.05, 3.63) is 59.9 Å². The Morgan fingerprint density at radius 3 is 2.53 bits per heavy atom. The van der Waals surface area contributed by atoms with E-state index in [1.165, 1.54) is 13.0 Å². The summed E-state index contributed by atoms with van der Waals surface area (Å²) in [5, 5.41) is 2.55. The Morgan fingerprint density at radius 1 is 1.16 bits per heavy atom. The molecule has 0 bridgehead atoms. The van der Waals surface area contributed by atoms with Crippen LogP contribution < -0.4 is 10.1 Å². The smallest absolute Gasteiger partial charge is 0.217 e. The quantitative estimate of drug-likeness (QED) is 0.915. The van der Waals surface area contributed by atoms with E-state index in [4.69, 9.17) is 4.74 Å². The molecule has 4 heteroatoms. The predicted octanol–water partition coefficient (Wildman–Crippen LogP) is 3.25. The minimum atomic E-state index is -0.401. The van der Waals surface area contributed by atoms with E-state index in [0.29, 0.717) is 17.1 Å². The van der Waals surface area contributed by atoms with Gasteiger partial charge in [0.25, 0.3) is 0 Å². The average molecular weight is 259 g/mol. The molecule has 1 amide bonds. The molecule has 2 aromatic carbocycles. The molecule has 0 aliphatic carbocycles. The van der Waals surface area contributed by atoms with Gasteiger partial charge in [0.2, 0.25) is 5.91 Å². The van der Waals surface area contributed by atoms with Crippen molar-refractivity contribution in [3.8, 4) is 11.5 Å². The molecular formula is C15H14FNO2. The Balaban J connectivity index is 2.08. The van der Waals surface area contributed by atoms with Crippen molar-refractivity contribution in [3.63, 3.8) is 0 Å². The number of amides is 1. The lowest BCUT2D eigenvalue weighted by Gasteiger charge is -2.08. The Bertz CT molecular complexity index is 570. The van der Waals surface area contributed by atoms with Gasteiger partial charge in [-0.1, -0.05) is 24.3 Å². The molecule has 0 aromatic heterocycles. The molecule has 98 valence electrons. The highest BCUT2D eigenvalue weighted by atomic mass is 19.1. The molecular weight excluding hydrogens is 245 g/mol. The second kappa shape index (κ2) is 6.00. The zero-order chi connectivity index (χ0) is 13.7. The molecule has 0 radical (unpaired) electrons. The number of halogens is 1. The number of hydrogen-bond donors (Lipinski definition) is 1. The fraction of sp³-hybridized carbons (Fsp3) is 0.133. The lowest BCUT2D eigenvalue weighted by molar-refractivity contribution is -0.119. The van der Waals surface area contributed by atoms with Crippen LogP contribution in [0.4, 0.5) is 4.39 Å². The van der Waals surface area contributed by atoms with Crippen molar-refractivity contribution < 1.29 is 13.9 Å². The van der Waals surface area contributed by atoms with Crippen LogP contribution in [0, 0.1) is 5.82 Å². The molecule has 0 atom stereocenters. The van der Waals surface area contributed by atoms with Crippen LogP contribution >= 0.6 is 0 Å². The van der Waals surface area contributed by atoms with Gasteiger partial charge in [-0.2, -0.15) is 0 Å². The number of para-hydroxylation sites is 1. The number of carbonyl (C=O) groups is 1. The summed E-state index contributed by atoms with van der Waals surface area (Å²) in [5.41, 5.74) is 0.426. The first-order valence-electron chi connectivity index (χ1n) is 5.91. The fourth-order valence-electron chi connectivity index (χ4n) is 1.58. The topological polar surface area (TPSA) is 38.3 Å². The molecule has 0 fully saturated rings. The Hall–Kier alpha value is -2.36. The van der Waals surface area contributed by atoms with Crippen LogP contribution in [0.25, 0.3) is 0 Å². The average Bonchev–Trinajstić information content (AvgIpc) is 2.39. The molecule has 0 saturated heterocycles. The van der Waals surface area contributed by atoms with Gasteiger partial charge >= 0.3 is 0 Å². The highest BCUT2D eigenvalue weighted by Gasteiger charge is 2.05. The van der Waals surface area contributed by atoms with Crippen molar-refractivity contribution in [2.75, 3.05) is 0 Å². The largest absolute Gasteiger partial charge is 0.457 e. The fourth-order valence-corrected chi connectivity index (χ4v) is 1.58. The highest BCUT2D eigenvalue weighted by molar-refractivity contribution is 5.72. The van der Waals surface area contributed by atoms with E-state index >= 15 is 0 Å². The Labute approximate surface area is 111 Å². The van der Waals surface area contributed by atoms with Crippen molar-refractivity contribution in [1.29, 1.82) is 0 Å². The number of benzene rings is 2. The highest BCUT2D eigenvalue weighted by Crippen LogP contribution is 2.23. The van der Waals surface area contributed by atoms with Crippen LogP contribution in [0.3, 0.4) is 0 Å². The second-order valence-corrected chi connectivity index (χ2v) is 4.08. The SMILES string of the molecule is CC(=O)NCc1ccc(Oc2ccccc2)cc1F. The maximum atomic E-state index is 13.8. The summed E-state index contributed by atoms with van der Waals surface area (Å²) in [6.45, 7) is 1.57. The van der Waals surface area contributed by atoms with Gasteiger partial charge in [0.05, 0.1) is 0 Å². The Morgan fingerprint density at radius 2 is 1.89 bits per heavy atom. The molecule has 2 aromatic rings. The molecule has 19 heavy (non-hydrogen) atoms. The summed E-state index contributed by atoms with van der Waals surface area (Å²) < 4.78 is 19.3. The van der Waals surface area contributed by atoms with Crippen LogP contribution in [0.2, 0.25) is 0 Å². The van der Waals surface area contributed by atoms with Crippen LogP contribution in [0.15, 0.2) is 48.5 Å². The van der Waals surface area contributed by atoms with E-state index in [9.17, 15) is 9.18 Å². The number of carbonyl (C=O) groups excluding carboxylic acids is 1. The van der Waals surface area contributed by atoms with E-state index in [1.54, 1.807) is 24.3 Å². The third-order valence-corrected chi connectivity index (χ3v) is 2.53. The lowest BCUT2D eigenvalue weighted by Crippen LogP contribution is -2.19. The molecule has 0 heterocycles. The molecule has 0 aliphatic rings. The van der Waals surface area contributed by atoms with E-state index in [-0.39, 0.29) is 12.5 Å².